The zero-order chi connectivity index (χ0) is 17.6. The van der Waals surface area contributed by atoms with Crippen molar-refractivity contribution in [3.05, 3.63) is 0 Å². The molecule has 0 aromatic carbocycles. The fourth-order valence-electron chi connectivity index (χ4n) is 2.07. The highest BCUT2D eigenvalue weighted by Gasteiger charge is 2.17. The summed E-state index contributed by atoms with van der Waals surface area (Å²) in [5.41, 5.74) is 0. The quantitative estimate of drug-likeness (QED) is 0.234. The topological polar surface area (TPSA) is 93.1 Å². The summed E-state index contributed by atoms with van der Waals surface area (Å²) in [5.74, 6) is -0.363. The number of halogens is 1. The Morgan fingerprint density at radius 2 is 1.57 bits per heavy atom. The van der Waals surface area contributed by atoms with Crippen LogP contribution in [0.3, 0.4) is 0 Å². The van der Waals surface area contributed by atoms with Crippen molar-refractivity contribution < 1.29 is 28.6 Å². The number of hydrogen-bond acceptors (Lipinski definition) is 5. The fraction of sp³-hybridized carbons (Fsp3) is 0.933. The molecule has 23 heavy (non-hydrogen) atoms. The molecule has 2 atom stereocenters. The normalized spacial score (nSPS) is 15.1. The van der Waals surface area contributed by atoms with Crippen LogP contribution in [0.5, 0.6) is 0 Å². The molecule has 0 spiro atoms. The van der Waals surface area contributed by atoms with Gasteiger partial charge in [0.1, 0.15) is 12.7 Å². The number of esters is 1. The molecule has 0 radical (unpaired) electrons. The van der Waals surface area contributed by atoms with Crippen molar-refractivity contribution in [3.8, 4) is 0 Å². The van der Waals surface area contributed by atoms with E-state index in [1.54, 1.807) is 0 Å². The summed E-state index contributed by atoms with van der Waals surface area (Å²) in [6, 6.07) is 0. The van der Waals surface area contributed by atoms with Crippen molar-refractivity contribution in [1.82, 2.24) is 0 Å². The monoisotopic (exact) mass is 416 g/mol. The first kappa shape index (κ1) is 23.1. The maximum Gasteiger partial charge on any atom is 0.393 e. The number of ether oxygens (including phenoxy) is 1. The molecular weight excluding hydrogens is 387 g/mol. The molecular formula is C15H30BrO6P. The summed E-state index contributed by atoms with van der Waals surface area (Å²) in [5, 5.41) is 9.44. The molecule has 0 aliphatic rings. The lowest BCUT2D eigenvalue weighted by Gasteiger charge is -2.12. The molecule has 8 heteroatoms. The summed E-state index contributed by atoms with van der Waals surface area (Å²) in [7, 11) is 0. The Morgan fingerprint density at radius 3 is 2.09 bits per heavy atom. The summed E-state index contributed by atoms with van der Waals surface area (Å²) in [6.45, 7) is 1.60. The van der Waals surface area contributed by atoms with Crippen LogP contribution in [0.1, 0.15) is 71.1 Å². The molecule has 0 fully saturated rings. The number of hydrogen-bond donors (Lipinski definition) is 2. The highest BCUT2D eigenvalue weighted by molar-refractivity contribution is 9.39. The minimum absolute atomic E-state index is 0.233. The lowest BCUT2D eigenvalue weighted by molar-refractivity contribution is -0.147. The van der Waals surface area contributed by atoms with E-state index < -0.39 is 12.4 Å². The van der Waals surface area contributed by atoms with E-state index in [2.05, 4.69) is 26.9 Å². The lowest BCUT2D eigenvalue weighted by atomic mass is 10.1. The van der Waals surface area contributed by atoms with Crippen molar-refractivity contribution in [2.45, 2.75) is 77.2 Å². The Labute approximate surface area is 147 Å². The molecule has 0 aromatic rings. The third-order valence-corrected chi connectivity index (χ3v) is 4.43. The second-order valence-electron chi connectivity index (χ2n) is 5.66. The molecule has 2 N–H and O–H groups in total. The number of unbranched alkanes of at least 4 members (excludes halogenated alkanes) is 8. The summed E-state index contributed by atoms with van der Waals surface area (Å²) in [4.78, 5) is 20.3. The fourth-order valence-corrected chi connectivity index (χ4v) is 2.78. The van der Waals surface area contributed by atoms with Gasteiger partial charge in [-0.05, 0) is 6.42 Å². The van der Waals surface area contributed by atoms with Gasteiger partial charge < -0.3 is 14.7 Å². The minimum atomic E-state index is -3.79. The Balaban J connectivity index is 3.41. The Morgan fingerprint density at radius 1 is 1.04 bits per heavy atom. The zero-order valence-corrected chi connectivity index (χ0v) is 16.4. The van der Waals surface area contributed by atoms with Gasteiger partial charge in [-0.3, -0.25) is 9.32 Å². The van der Waals surface area contributed by atoms with Crippen LogP contribution in [-0.4, -0.2) is 35.3 Å². The first-order valence-electron chi connectivity index (χ1n) is 8.36. The van der Waals surface area contributed by atoms with Crippen molar-refractivity contribution in [2.75, 3.05) is 13.2 Å². The molecule has 0 heterocycles. The van der Waals surface area contributed by atoms with Crippen LogP contribution < -0.4 is 0 Å². The van der Waals surface area contributed by atoms with E-state index in [0.29, 0.717) is 6.42 Å². The van der Waals surface area contributed by atoms with Crippen LogP contribution in [0.2, 0.25) is 0 Å². The predicted molar refractivity (Wildman–Crippen MR) is 93.5 cm³/mol. The summed E-state index contributed by atoms with van der Waals surface area (Å²) < 4.78 is 20.1. The van der Waals surface area contributed by atoms with E-state index in [-0.39, 0.29) is 19.2 Å². The second-order valence-corrected chi connectivity index (χ2v) is 9.51. The van der Waals surface area contributed by atoms with E-state index in [1.807, 2.05) is 0 Å². The van der Waals surface area contributed by atoms with Crippen LogP contribution in [-0.2, 0) is 18.6 Å². The van der Waals surface area contributed by atoms with Crippen LogP contribution in [0.25, 0.3) is 0 Å². The van der Waals surface area contributed by atoms with Crippen LogP contribution in [0.15, 0.2) is 0 Å². The third kappa shape index (κ3) is 18.2. The van der Waals surface area contributed by atoms with E-state index in [9.17, 15) is 14.5 Å². The van der Waals surface area contributed by atoms with Gasteiger partial charge in [-0.15, -0.1) is 0 Å². The standard InChI is InChI=1S/C15H30BrO6P/c1-2-3-4-5-6-7-8-9-10-11-15(18)21-12-14(17)13-22-23(16,19)20/h14,17H,2-13H2,1H3,(H,19,20). The van der Waals surface area contributed by atoms with Crippen molar-refractivity contribution in [1.29, 1.82) is 0 Å². The van der Waals surface area contributed by atoms with Gasteiger partial charge in [0, 0.05) is 21.9 Å². The summed E-state index contributed by atoms with van der Waals surface area (Å²) >= 11 is 2.43. The SMILES string of the molecule is CCCCCCCCCCCC(=O)OCC(O)COP(=O)(O)Br. The van der Waals surface area contributed by atoms with Crippen molar-refractivity contribution in [2.24, 2.45) is 0 Å². The highest BCUT2D eigenvalue weighted by Crippen LogP contribution is 2.50. The van der Waals surface area contributed by atoms with E-state index in [0.717, 1.165) is 19.3 Å². The maximum atomic E-state index is 11.5. The maximum absolute atomic E-state index is 11.5. The summed E-state index contributed by atoms with van der Waals surface area (Å²) in [6.07, 6.45) is 6.01. The molecule has 0 aromatic heterocycles. The molecule has 2 unspecified atom stereocenters. The molecule has 0 amide bonds. The lowest BCUT2D eigenvalue weighted by Crippen LogP contribution is -2.22. The number of carbonyl (C=O) groups excluding carboxylic acids is 1. The first-order valence-corrected chi connectivity index (χ1v) is 12.0. The van der Waals surface area contributed by atoms with Gasteiger partial charge in [0.2, 0.25) is 0 Å². The van der Waals surface area contributed by atoms with Crippen LogP contribution in [0.4, 0.5) is 0 Å². The molecule has 0 aliphatic heterocycles. The van der Waals surface area contributed by atoms with Crippen LogP contribution >= 0.6 is 21.8 Å². The smallest absolute Gasteiger partial charge is 0.393 e. The Hall–Kier alpha value is 0.0600. The second kappa shape index (κ2) is 14.4. The molecule has 0 saturated heterocycles. The average Bonchev–Trinajstić information content (AvgIpc) is 2.48. The van der Waals surface area contributed by atoms with Gasteiger partial charge >= 0.3 is 12.3 Å². The van der Waals surface area contributed by atoms with Gasteiger partial charge in [0.15, 0.2) is 0 Å². The van der Waals surface area contributed by atoms with E-state index >= 15 is 0 Å². The number of rotatable bonds is 15. The minimum Gasteiger partial charge on any atom is -0.463 e. The highest BCUT2D eigenvalue weighted by atomic mass is 79.9. The van der Waals surface area contributed by atoms with Gasteiger partial charge in [0.05, 0.1) is 6.61 Å². The molecule has 6 nitrogen and oxygen atoms in total. The molecule has 138 valence electrons. The first-order chi connectivity index (χ1) is 10.8. The molecule has 0 rings (SSSR count). The molecule has 0 aliphatic carbocycles. The largest absolute Gasteiger partial charge is 0.463 e. The number of carbonyl (C=O) groups is 1. The molecule has 0 bridgehead atoms. The van der Waals surface area contributed by atoms with Gasteiger partial charge in [0.25, 0.3) is 0 Å². The van der Waals surface area contributed by atoms with E-state index in [1.165, 1.54) is 38.5 Å². The van der Waals surface area contributed by atoms with Gasteiger partial charge in [-0.1, -0.05) is 58.3 Å². The van der Waals surface area contributed by atoms with Crippen molar-refractivity contribution in [3.63, 3.8) is 0 Å². The molecule has 0 saturated carbocycles. The number of aliphatic hydroxyl groups excluding tert-OH is 1. The van der Waals surface area contributed by atoms with Crippen molar-refractivity contribution >= 4 is 27.8 Å². The van der Waals surface area contributed by atoms with E-state index in [4.69, 9.17) is 9.63 Å². The Bertz CT molecular complexity index is 347. The zero-order valence-electron chi connectivity index (χ0n) is 13.9. The van der Waals surface area contributed by atoms with Gasteiger partial charge in [-0.2, -0.15) is 0 Å². The third-order valence-electron chi connectivity index (χ3n) is 3.35. The Kier molecular flexibility index (Phi) is 14.4. The van der Waals surface area contributed by atoms with Crippen LogP contribution in [0, 0.1) is 0 Å². The number of aliphatic hydroxyl groups is 1. The average molecular weight is 417 g/mol. The van der Waals surface area contributed by atoms with Gasteiger partial charge in [-0.25, -0.2) is 4.57 Å². The predicted octanol–water partition coefficient (Wildman–Crippen LogP) is 4.32.